The second kappa shape index (κ2) is 7.23. The molecule has 3 aromatic rings. The molecule has 1 N–H and O–H groups in total. The quantitative estimate of drug-likeness (QED) is 0.551. The van der Waals surface area contributed by atoms with E-state index in [0.29, 0.717) is 10.6 Å². The van der Waals surface area contributed by atoms with E-state index in [1.807, 2.05) is 0 Å². The van der Waals surface area contributed by atoms with Gasteiger partial charge in [-0.3, -0.25) is 4.79 Å². The summed E-state index contributed by atoms with van der Waals surface area (Å²) in [6.45, 7) is 0. The van der Waals surface area contributed by atoms with Gasteiger partial charge in [0.1, 0.15) is 5.75 Å². The third kappa shape index (κ3) is 4.07. The number of halogens is 2. The number of anilines is 1. The molecule has 0 aliphatic carbocycles. The normalized spacial score (nSPS) is 10.3. The molecule has 0 spiro atoms. The fourth-order valence-corrected chi connectivity index (χ4v) is 2.61. The Labute approximate surface area is 145 Å². The molecule has 4 nitrogen and oxygen atoms in total. The highest BCUT2D eigenvalue weighted by Crippen LogP contribution is 2.19. The molecular formula is C18H11F2NO3S. The summed E-state index contributed by atoms with van der Waals surface area (Å²) in [5.41, 5.74) is 0.431. The summed E-state index contributed by atoms with van der Waals surface area (Å²) in [6, 6.07) is 12.4. The van der Waals surface area contributed by atoms with Gasteiger partial charge in [0.25, 0.3) is 5.91 Å². The third-order valence-electron chi connectivity index (χ3n) is 3.22. The minimum atomic E-state index is -1.12. The Balaban J connectivity index is 1.65. The van der Waals surface area contributed by atoms with Gasteiger partial charge in [0.15, 0.2) is 11.6 Å². The van der Waals surface area contributed by atoms with Crippen molar-refractivity contribution >= 4 is 28.9 Å². The van der Waals surface area contributed by atoms with Crippen molar-refractivity contribution in [1.29, 1.82) is 0 Å². The lowest BCUT2D eigenvalue weighted by Gasteiger charge is -2.07. The zero-order valence-electron chi connectivity index (χ0n) is 12.7. The molecule has 0 saturated heterocycles. The number of esters is 1. The van der Waals surface area contributed by atoms with Crippen LogP contribution in [0.2, 0.25) is 0 Å². The molecule has 0 aliphatic heterocycles. The molecule has 25 heavy (non-hydrogen) atoms. The summed E-state index contributed by atoms with van der Waals surface area (Å²) >= 11 is 1.32. The van der Waals surface area contributed by atoms with E-state index in [9.17, 15) is 18.4 Å². The maximum atomic E-state index is 13.1. The van der Waals surface area contributed by atoms with Crippen molar-refractivity contribution in [2.24, 2.45) is 0 Å². The summed E-state index contributed by atoms with van der Waals surface area (Å²) in [5, 5.41) is 4.51. The summed E-state index contributed by atoms with van der Waals surface area (Å²) < 4.78 is 31.1. The van der Waals surface area contributed by atoms with Crippen molar-refractivity contribution in [3.05, 3.63) is 82.1 Å². The average Bonchev–Trinajstić information content (AvgIpc) is 3.14. The molecule has 126 valence electrons. The van der Waals surface area contributed by atoms with Crippen molar-refractivity contribution in [3.63, 3.8) is 0 Å². The number of hydrogen-bond acceptors (Lipinski definition) is 4. The van der Waals surface area contributed by atoms with E-state index in [-0.39, 0.29) is 17.2 Å². The Morgan fingerprint density at radius 2 is 1.72 bits per heavy atom. The van der Waals surface area contributed by atoms with Gasteiger partial charge in [-0.15, -0.1) is 11.3 Å². The Hall–Kier alpha value is -3.06. The number of carbonyl (C=O) groups excluding carboxylic acids is 2. The first-order chi connectivity index (χ1) is 12.0. The van der Waals surface area contributed by atoms with Crippen molar-refractivity contribution < 1.29 is 23.1 Å². The van der Waals surface area contributed by atoms with Gasteiger partial charge in [-0.1, -0.05) is 6.07 Å². The van der Waals surface area contributed by atoms with E-state index in [0.717, 1.165) is 18.2 Å². The molecular weight excluding hydrogens is 348 g/mol. The first kappa shape index (κ1) is 16.8. The van der Waals surface area contributed by atoms with Crippen LogP contribution in [0.25, 0.3) is 0 Å². The monoisotopic (exact) mass is 359 g/mol. The van der Waals surface area contributed by atoms with Gasteiger partial charge in [0, 0.05) is 5.69 Å². The van der Waals surface area contributed by atoms with Gasteiger partial charge in [0.2, 0.25) is 0 Å². The Bertz CT molecular complexity index is 909. The maximum absolute atomic E-state index is 13.1. The highest BCUT2D eigenvalue weighted by atomic mass is 32.1. The molecule has 7 heteroatoms. The second-order valence-electron chi connectivity index (χ2n) is 4.97. The van der Waals surface area contributed by atoms with Gasteiger partial charge in [-0.2, -0.15) is 0 Å². The molecule has 0 saturated carbocycles. The predicted molar refractivity (Wildman–Crippen MR) is 90.0 cm³/mol. The SMILES string of the molecule is O=C(Oc1ccc(NC(=O)c2cccs2)cc1)c1ccc(F)c(F)c1. The molecule has 1 aromatic heterocycles. The van der Waals surface area contributed by atoms with Crippen LogP contribution in [0.1, 0.15) is 20.0 Å². The number of carbonyl (C=O) groups is 2. The van der Waals surface area contributed by atoms with Gasteiger partial charge in [0.05, 0.1) is 10.4 Å². The Morgan fingerprint density at radius 3 is 2.36 bits per heavy atom. The lowest BCUT2D eigenvalue weighted by atomic mass is 10.2. The van der Waals surface area contributed by atoms with Crippen LogP contribution in [0.5, 0.6) is 5.75 Å². The molecule has 0 aliphatic rings. The molecule has 0 radical (unpaired) electrons. The van der Waals surface area contributed by atoms with E-state index in [4.69, 9.17) is 4.74 Å². The highest BCUT2D eigenvalue weighted by Gasteiger charge is 2.12. The summed E-state index contributed by atoms with van der Waals surface area (Å²) in [5.74, 6) is -3.00. The van der Waals surface area contributed by atoms with Crippen molar-refractivity contribution in [3.8, 4) is 5.75 Å². The number of thiophene rings is 1. The van der Waals surface area contributed by atoms with Crippen molar-refractivity contribution in [2.75, 3.05) is 5.32 Å². The zero-order chi connectivity index (χ0) is 17.8. The average molecular weight is 359 g/mol. The molecule has 0 atom stereocenters. The molecule has 3 rings (SSSR count). The number of ether oxygens (including phenoxy) is 1. The first-order valence-electron chi connectivity index (χ1n) is 7.15. The molecule has 0 fully saturated rings. The molecule has 2 aromatic carbocycles. The van der Waals surface area contributed by atoms with E-state index in [1.165, 1.54) is 23.5 Å². The third-order valence-corrected chi connectivity index (χ3v) is 4.09. The van der Waals surface area contributed by atoms with E-state index < -0.39 is 17.6 Å². The van der Waals surface area contributed by atoms with Crippen LogP contribution in [0.4, 0.5) is 14.5 Å². The largest absolute Gasteiger partial charge is 0.423 e. The minimum Gasteiger partial charge on any atom is -0.423 e. The van der Waals surface area contributed by atoms with Gasteiger partial charge in [-0.05, 0) is 53.9 Å². The highest BCUT2D eigenvalue weighted by molar-refractivity contribution is 7.12. The summed E-state index contributed by atoms with van der Waals surface area (Å²) in [6.07, 6.45) is 0. The number of nitrogens with one attached hydrogen (secondary N) is 1. The van der Waals surface area contributed by atoms with Gasteiger partial charge in [-0.25, -0.2) is 13.6 Å². The molecule has 0 bridgehead atoms. The lowest BCUT2D eigenvalue weighted by molar-refractivity contribution is 0.0734. The molecule has 1 amide bonds. The zero-order valence-corrected chi connectivity index (χ0v) is 13.5. The van der Waals surface area contributed by atoms with Crippen molar-refractivity contribution in [2.45, 2.75) is 0 Å². The molecule has 0 unspecified atom stereocenters. The van der Waals surface area contributed by atoms with Crippen LogP contribution in [0.3, 0.4) is 0 Å². The Kier molecular flexibility index (Phi) is 4.85. The van der Waals surface area contributed by atoms with Gasteiger partial charge < -0.3 is 10.1 Å². The number of rotatable bonds is 4. The Morgan fingerprint density at radius 1 is 0.960 bits per heavy atom. The standard InChI is InChI=1S/C18H11F2NO3S/c19-14-8-3-11(10-15(14)20)18(23)24-13-6-4-12(5-7-13)21-17(22)16-2-1-9-25-16/h1-10H,(H,21,22). The maximum Gasteiger partial charge on any atom is 0.343 e. The number of hydrogen-bond donors (Lipinski definition) is 1. The lowest BCUT2D eigenvalue weighted by Crippen LogP contribution is -2.11. The topological polar surface area (TPSA) is 55.4 Å². The second-order valence-corrected chi connectivity index (χ2v) is 5.92. The van der Waals surface area contributed by atoms with Crippen LogP contribution >= 0.6 is 11.3 Å². The fourth-order valence-electron chi connectivity index (χ4n) is 2.00. The van der Waals surface area contributed by atoms with Crippen LogP contribution in [0.15, 0.2) is 60.0 Å². The van der Waals surface area contributed by atoms with Crippen molar-refractivity contribution in [1.82, 2.24) is 0 Å². The van der Waals surface area contributed by atoms with Crippen LogP contribution in [0, 0.1) is 11.6 Å². The van der Waals surface area contributed by atoms with Crippen LogP contribution in [-0.4, -0.2) is 11.9 Å². The minimum absolute atomic E-state index is 0.103. The van der Waals surface area contributed by atoms with Crippen LogP contribution in [-0.2, 0) is 0 Å². The smallest absolute Gasteiger partial charge is 0.343 e. The summed E-state index contributed by atoms with van der Waals surface area (Å²) in [7, 11) is 0. The first-order valence-corrected chi connectivity index (χ1v) is 8.03. The van der Waals surface area contributed by atoms with E-state index in [2.05, 4.69) is 5.32 Å². The number of benzene rings is 2. The van der Waals surface area contributed by atoms with Crippen LogP contribution < -0.4 is 10.1 Å². The predicted octanol–water partition coefficient (Wildman–Crippen LogP) is 4.50. The van der Waals surface area contributed by atoms with E-state index in [1.54, 1.807) is 29.6 Å². The summed E-state index contributed by atoms with van der Waals surface area (Å²) in [4.78, 5) is 24.4. The fraction of sp³-hybridized carbons (Fsp3) is 0. The van der Waals surface area contributed by atoms with Gasteiger partial charge >= 0.3 is 5.97 Å². The molecule has 1 heterocycles. The van der Waals surface area contributed by atoms with E-state index >= 15 is 0 Å². The number of amides is 1.